The van der Waals surface area contributed by atoms with Crippen LogP contribution in [-0.4, -0.2) is 24.0 Å². The standard InChI is InChI=1S/C10H16N2/c11-7-9-4-5-10-3-1-2-6-12(10)8-9/h9-10H,1-6,8H2/t9-,10+/m1/s1. The number of fused-ring (bicyclic) bond motifs is 1. The van der Waals surface area contributed by atoms with E-state index in [0.717, 1.165) is 19.0 Å². The molecule has 2 aliphatic rings. The summed E-state index contributed by atoms with van der Waals surface area (Å²) in [5.74, 6) is 0.319. The van der Waals surface area contributed by atoms with Crippen LogP contribution in [0.2, 0.25) is 0 Å². The minimum absolute atomic E-state index is 0.319. The van der Waals surface area contributed by atoms with Gasteiger partial charge in [-0.15, -0.1) is 0 Å². The molecule has 2 heteroatoms. The van der Waals surface area contributed by atoms with Crippen molar-refractivity contribution in [2.24, 2.45) is 5.92 Å². The van der Waals surface area contributed by atoms with E-state index in [9.17, 15) is 0 Å². The van der Waals surface area contributed by atoms with Gasteiger partial charge in [0.2, 0.25) is 0 Å². The van der Waals surface area contributed by atoms with E-state index in [1.165, 1.54) is 32.2 Å². The molecule has 2 rings (SSSR count). The van der Waals surface area contributed by atoms with E-state index < -0.39 is 0 Å². The fraction of sp³-hybridized carbons (Fsp3) is 0.900. The number of hydrogen-bond donors (Lipinski definition) is 0. The van der Waals surface area contributed by atoms with Crippen molar-refractivity contribution in [3.8, 4) is 6.07 Å². The van der Waals surface area contributed by atoms with Crippen LogP contribution >= 0.6 is 0 Å². The highest BCUT2D eigenvalue weighted by Crippen LogP contribution is 2.28. The summed E-state index contributed by atoms with van der Waals surface area (Å²) in [4.78, 5) is 2.53. The Morgan fingerprint density at radius 1 is 1.17 bits per heavy atom. The number of nitriles is 1. The lowest BCUT2D eigenvalue weighted by atomic mass is 9.88. The molecule has 0 aliphatic carbocycles. The molecule has 0 aromatic heterocycles. The highest BCUT2D eigenvalue weighted by atomic mass is 15.2. The van der Waals surface area contributed by atoms with Crippen LogP contribution in [0, 0.1) is 17.2 Å². The molecule has 0 amide bonds. The number of rotatable bonds is 0. The van der Waals surface area contributed by atoms with Crippen LogP contribution in [0.25, 0.3) is 0 Å². The van der Waals surface area contributed by atoms with Gasteiger partial charge >= 0.3 is 0 Å². The smallest absolute Gasteiger partial charge is 0.0669 e. The first-order valence-electron chi connectivity index (χ1n) is 5.04. The third kappa shape index (κ3) is 1.47. The normalized spacial score (nSPS) is 36.9. The maximum atomic E-state index is 8.80. The topological polar surface area (TPSA) is 27.0 Å². The second-order valence-electron chi connectivity index (χ2n) is 4.05. The average molecular weight is 164 g/mol. The molecule has 0 spiro atoms. The van der Waals surface area contributed by atoms with Crippen LogP contribution in [0.15, 0.2) is 0 Å². The van der Waals surface area contributed by atoms with Crippen LogP contribution in [-0.2, 0) is 0 Å². The fourth-order valence-corrected chi connectivity index (χ4v) is 2.50. The first-order valence-corrected chi connectivity index (χ1v) is 5.04. The van der Waals surface area contributed by atoms with Gasteiger partial charge in [-0.2, -0.15) is 5.26 Å². The molecule has 2 heterocycles. The quantitative estimate of drug-likeness (QED) is 0.545. The highest BCUT2D eigenvalue weighted by Gasteiger charge is 2.29. The van der Waals surface area contributed by atoms with Crippen LogP contribution in [0.3, 0.4) is 0 Å². The summed E-state index contributed by atoms with van der Waals surface area (Å²) in [5, 5.41) is 8.80. The molecule has 0 radical (unpaired) electrons. The molecule has 2 nitrogen and oxygen atoms in total. The Morgan fingerprint density at radius 2 is 2.08 bits per heavy atom. The Labute approximate surface area is 74.2 Å². The molecule has 0 saturated carbocycles. The zero-order chi connectivity index (χ0) is 8.39. The minimum atomic E-state index is 0.319. The summed E-state index contributed by atoms with van der Waals surface area (Å²) in [7, 11) is 0. The lowest BCUT2D eigenvalue weighted by Gasteiger charge is -2.40. The molecule has 66 valence electrons. The maximum Gasteiger partial charge on any atom is 0.0669 e. The third-order valence-electron chi connectivity index (χ3n) is 3.23. The van der Waals surface area contributed by atoms with Crippen molar-refractivity contribution in [1.82, 2.24) is 4.90 Å². The molecule has 0 bridgehead atoms. The molecule has 0 aromatic rings. The SMILES string of the molecule is N#C[C@H]1CC[C@@H]2CCCCN2C1. The maximum absolute atomic E-state index is 8.80. The second-order valence-corrected chi connectivity index (χ2v) is 4.05. The van der Waals surface area contributed by atoms with Crippen molar-refractivity contribution in [1.29, 1.82) is 5.26 Å². The van der Waals surface area contributed by atoms with Crippen molar-refractivity contribution < 1.29 is 0 Å². The predicted molar refractivity (Wildman–Crippen MR) is 47.5 cm³/mol. The molecule has 2 atom stereocenters. The molecular formula is C10H16N2. The largest absolute Gasteiger partial charge is 0.299 e. The summed E-state index contributed by atoms with van der Waals surface area (Å²) in [6.07, 6.45) is 6.51. The van der Waals surface area contributed by atoms with E-state index in [1.807, 2.05) is 0 Å². The Balaban J connectivity index is 1.95. The van der Waals surface area contributed by atoms with Crippen molar-refractivity contribution >= 4 is 0 Å². The Morgan fingerprint density at radius 3 is 2.92 bits per heavy atom. The Kier molecular flexibility index (Phi) is 2.32. The molecular weight excluding hydrogens is 148 g/mol. The molecule has 2 aliphatic heterocycles. The Bertz CT molecular complexity index is 195. The summed E-state index contributed by atoms with van der Waals surface area (Å²) in [6.45, 7) is 2.28. The van der Waals surface area contributed by atoms with Crippen LogP contribution in [0.4, 0.5) is 0 Å². The first-order chi connectivity index (χ1) is 5.90. The van der Waals surface area contributed by atoms with Gasteiger partial charge in [0.1, 0.15) is 0 Å². The van der Waals surface area contributed by atoms with Gasteiger partial charge in [-0.1, -0.05) is 6.42 Å². The summed E-state index contributed by atoms with van der Waals surface area (Å²) < 4.78 is 0. The van der Waals surface area contributed by atoms with E-state index in [4.69, 9.17) is 5.26 Å². The van der Waals surface area contributed by atoms with E-state index in [-0.39, 0.29) is 0 Å². The molecule has 12 heavy (non-hydrogen) atoms. The first kappa shape index (κ1) is 8.07. The van der Waals surface area contributed by atoms with Gasteiger partial charge in [0, 0.05) is 12.6 Å². The number of piperidine rings is 2. The van der Waals surface area contributed by atoms with Crippen molar-refractivity contribution in [2.45, 2.75) is 38.1 Å². The van der Waals surface area contributed by atoms with Gasteiger partial charge in [0.15, 0.2) is 0 Å². The predicted octanol–water partition coefficient (Wildman–Crippen LogP) is 1.77. The molecule has 0 N–H and O–H groups in total. The van der Waals surface area contributed by atoms with Crippen molar-refractivity contribution in [3.63, 3.8) is 0 Å². The van der Waals surface area contributed by atoms with Gasteiger partial charge in [0.05, 0.1) is 12.0 Å². The lowest BCUT2D eigenvalue weighted by Crippen LogP contribution is -2.45. The average Bonchev–Trinajstić information content (AvgIpc) is 2.17. The molecule has 0 aromatic carbocycles. The zero-order valence-electron chi connectivity index (χ0n) is 7.50. The fourth-order valence-electron chi connectivity index (χ4n) is 2.50. The van der Waals surface area contributed by atoms with Gasteiger partial charge < -0.3 is 0 Å². The molecule has 2 fully saturated rings. The van der Waals surface area contributed by atoms with Gasteiger partial charge in [-0.05, 0) is 32.2 Å². The second kappa shape index (κ2) is 3.45. The van der Waals surface area contributed by atoms with Crippen LogP contribution in [0.5, 0.6) is 0 Å². The van der Waals surface area contributed by atoms with E-state index in [1.54, 1.807) is 0 Å². The zero-order valence-corrected chi connectivity index (χ0v) is 7.50. The molecule has 2 saturated heterocycles. The monoisotopic (exact) mass is 164 g/mol. The number of nitrogens with zero attached hydrogens (tertiary/aromatic N) is 2. The lowest BCUT2D eigenvalue weighted by molar-refractivity contribution is 0.0904. The third-order valence-corrected chi connectivity index (χ3v) is 3.23. The van der Waals surface area contributed by atoms with Gasteiger partial charge in [-0.25, -0.2) is 0 Å². The summed E-state index contributed by atoms with van der Waals surface area (Å²) in [6, 6.07) is 3.22. The van der Waals surface area contributed by atoms with E-state index in [2.05, 4.69) is 11.0 Å². The van der Waals surface area contributed by atoms with E-state index >= 15 is 0 Å². The van der Waals surface area contributed by atoms with Crippen molar-refractivity contribution in [3.05, 3.63) is 0 Å². The Hall–Kier alpha value is -0.550. The summed E-state index contributed by atoms with van der Waals surface area (Å²) in [5.41, 5.74) is 0. The minimum Gasteiger partial charge on any atom is -0.299 e. The van der Waals surface area contributed by atoms with Crippen LogP contribution in [0.1, 0.15) is 32.1 Å². The summed E-state index contributed by atoms with van der Waals surface area (Å²) >= 11 is 0. The molecule has 0 unspecified atom stereocenters. The van der Waals surface area contributed by atoms with E-state index in [0.29, 0.717) is 5.92 Å². The highest BCUT2D eigenvalue weighted by molar-refractivity contribution is 4.93. The van der Waals surface area contributed by atoms with Gasteiger partial charge in [-0.3, -0.25) is 4.90 Å². The number of hydrogen-bond acceptors (Lipinski definition) is 2. The van der Waals surface area contributed by atoms with Crippen LogP contribution < -0.4 is 0 Å². The van der Waals surface area contributed by atoms with Crippen molar-refractivity contribution in [2.75, 3.05) is 13.1 Å². The van der Waals surface area contributed by atoms with Gasteiger partial charge in [0.25, 0.3) is 0 Å².